The number of guanidine groups is 1. The predicted octanol–water partition coefficient (Wildman–Crippen LogP) is 0.724. The number of nitrogens with zero attached hydrogens (tertiary/aromatic N) is 2. The molecule has 0 aliphatic carbocycles. The number of sulfonamides is 1. The molecule has 1 aliphatic heterocycles. The molecule has 0 bridgehead atoms. The molecule has 0 amide bonds. The zero-order valence-corrected chi connectivity index (χ0v) is 16.3. The van der Waals surface area contributed by atoms with Crippen molar-refractivity contribution in [3.63, 3.8) is 0 Å². The van der Waals surface area contributed by atoms with E-state index in [0.29, 0.717) is 25.6 Å². The van der Waals surface area contributed by atoms with Crippen LogP contribution in [0.3, 0.4) is 0 Å². The summed E-state index contributed by atoms with van der Waals surface area (Å²) in [5.74, 6) is 2.44. The Labute approximate surface area is 149 Å². The summed E-state index contributed by atoms with van der Waals surface area (Å²) in [5.41, 5.74) is 0. The van der Waals surface area contributed by atoms with Crippen LogP contribution in [0.4, 0.5) is 0 Å². The molecule has 1 aliphatic rings. The maximum atomic E-state index is 12.1. The van der Waals surface area contributed by atoms with E-state index in [9.17, 15) is 8.42 Å². The number of hydrogen-bond acceptors (Lipinski definition) is 4. The molecule has 0 atom stereocenters. The smallest absolute Gasteiger partial charge is 0.215 e. The molecule has 2 N–H and O–H groups in total. The maximum Gasteiger partial charge on any atom is 0.215 e. The minimum Gasteiger partial charge on any atom is -0.357 e. The molecule has 0 spiro atoms. The van der Waals surface area contributed by atoms with Gasteiger partial charge in [-0.3, -0.25) is 4.99 Å². The summed E-state index contributed by atoms with van der Waals surface area (Å²) in [4.78, 5) is 4.27. The van der Waals surface area contributed by atoms with Crippen LogP contribution in [-0.4, -0.2) is 68.7 Å². The topological polar surface area (TPSA) is 73.8 Å². The van der Waals surface area contributed by atoms with E-state index in [1.807, 2.05) is 6.92 Å². The Bertz CT molecular complexity index is 423. The number of nitrogens with one attached hydrogen (secondary N) is 2. The number of thioether (sulfide) groups is 1. The first-order chi connectivity index (χ1) is 9.60. The molecule has 0 unspecified atom stereocenters. The first-order valence-corrected chi connectivity index (χ1v) is 9.55. The van der Waals surface area contributed by atoms with Gasteiger partial charge in [0.1, 0.15) is 0 Å². The SMILES string of the molecule is C=CCNC(=NCCS(=O)(=O)N1CCSCC1)NCC.I. The lowest BCUT2D eigenvalue weighted by Gasteiger charge is -2.25. The van der Waals surface area contributed by atoms with Gasteiger partial charge in [0.25, 0.3) is 0 Å². The number of rotatable bonds is 7. The predicted molar refractivity (Wildman–Crippen MR) is 102 cm³/mol. The second kappa shape index (κ2) is 11.6. The van der Waals surface area contributed by atoms with Crippen molar-refractivity contribution < 1.29 is 8.42 Å². The number of hydrogen-bond donors (Lipinski definition) is 2. The third-order valence-electron chi connectivity index (χ3n) is 2.74. The van der Waals surface area contributed by atoms with E-state index in [1.165, 1.54) is 0 Å². The van der Waals surface area contributed by atoms with E-state index >= 15 is 0 Å². The highest BCUT2D eigenvalue weighted by atomic mass is 127. The lowest BCUT2D eigenvalue weighted by Crippen LogP contribution is -2.40. The van der Waals surface area contributed by atoms with Gasteiger partial charge in [-0.2, -0.15) is 11.8 Å². The molecule has 0 radical (unpaired) electrons. The van der Waals surface area contributed by atoms with Gasteiger partial charge in [0, 0.05) is 37.7 Å². The second-order valence-corrected chi connectivity index (χ2v) is 7.57. The van der Waals surface area contributed by atoms with Gasteiger partial charge in [0.05, 0.1) is 12.3 Å². The van der Waals surface area contributed by atoms with E-state index < -0.39 is 10.0 Å². The Morgan fingerprint density at radius 3 is 2.62 bits per heavy atom. The molecule has 1 fully saturated rings. The minimum atomic E-state index is -3.18. The van der Waals surface area contributed by atoms with Crippen molar-refractivity contribution in [2.24, 2.45) is 4.99 Å². The number of halogens is 1. The van der Waals surface area contributed by atoms with Gasteiger partial charge in [-0.05, 0) is 6.92 Å². The highest BCUT2D eigenvalue weighted by Gasteiger charge is 2.23. The van der Waals surface area contributed by atoms with Crippen molar-refractivity contribution >= 4 is 51.7 Å². The molecule has 1 rings (SSSR count). The minimum absolute atomic E-state index is 0. The Morgan fingerprint density at radius 1 is 1.38 bits per heavy atom. The van der Waals surface area contributed by atoms with E-state index in [2.05, 4.69) is 22.2 Å². The third-order valence-corrected chi connectivity index (χ3v) is 5.53. The van der Waals surface area contributed by atoms with Gasteiger partial charge in [0.15, 0.2) is 5.96 Å². The maximum absolute atomic E-state index is 12.1. The molecular formula is C12H25IN4O2S2. The Morgan fingerprint density at radius 2 is 2.05 bits per heavy atom. The van der Waals surface area contributed by atoms with Crippen LogP contribution >= 0.6 is 35.7 Å². The van der Waals surface area contributed by atoms with E-state index in [0.717, 1.165) is 18.1 Å². The Balaban J connectivity index is 0.00000400. The monoisotopic (exact) mass is 448 g/mol. The van der Waals surface area contributed by atoms with Crippen LogP contribution in [0.15, 0.2) is 17.6 Å². The first kappa shape index (κ1) is 21.0. The van der Waals surface area contributed by atoms with Crippen LogP contribution in [0.25, 0.3) is 0 Å². The summed E-state index contributed by atoms with van der Waals surface area (Å²) in [6.07, 6.45) is 1.73. The average molecular weight is 448 g/mol. The van der Waals surface area contributed by atoms with Crippen LogP contribution in [0.1, 0.15) is 6.92 Å². The zero-order chi connectivity index (χ0) is 14.8. The second-order valence-electron chi connectivity index (χ2n) is 4.26. The molecule has 6 nitrogen and oxygen atoms in total. The highest BCUT2D eigenvalue weighted by molar-refractivity contribution is 14.0. The molecule has 0 saturated carbocycles. The van der Waals surface area contributed by atoms with Gasteiger partial charge in [0.2, 0.25) is 10.0 Å². The quantitative estimate of drug-likeness (QED) is 0.260. The molecule has 1 heterocycles. The lowest BCUT2D eigenvalue weighted by atomic mass is 10.6. The first-order valence-electron chi connectivity index (χ1n) is 6.78. The lowest BCUT2D eigenvalue weighted by molar-refractivity contribution is 0.444. The van der Waals surface area contributed by atoms with Crippen LogP contribution in [0.5, 0.6) is 0 Å². The van der Waals surface area contributed by atoms with E-state index in [1.54, 1.807) is 22.1 Å². The van der Waals surface area contributed by atoms with Crippen molar-refractivity contribution in [2.45, 2.75) is 6.92 Å². The van der Waals surface area contributed by atoms with Gasteiger partial charge < -0.3 is 10.6 Å². The van der Waals surface area contributed by atoms with Gasteiger partial charge >= 0.3 is 0 Å². The van der Waals surface area contributed by atoms with Crippen LogP contribution in [0, 0.1) is 0 Å². The highest BCUT2D eigenvalue weighted by Crippen LogP contribution is 2.13. The summed E-state index contributed by atoms with van der Waals surface area (Å²) in [7, 11) is -3.18. The van der Waals surface area contributed by atoms with E-state index in [4.69, 9.17) is 0 Å². The standard InChI is InChI=1S/C12H24N4O2S2.HI/c1-3-5-14-12(13-4-2)15-6-11-20(17,18)16-7-9-19-10-8-16;/h3H,1,4-11H2,2H3,(H2,13,14,15);1H. The molecule has 9 heteroatoms. The van der Waals surface area contributed by atoms with Gasteiger partial charge in [-0.25, -0.2) is 12.7 Å². The van der Waals surface area contributed by atoms with Crippen LogP contribution in [0.2, 0.25) is 0 Å². The summed E-state index contributed by atoms with van der Waals surface area (Å²) in [6, 6.07) is 0. The fourth-order valence-corrected chi connectivity index (χ4v) is 4.19. The van der Waals surface area contributed by atoms with Crippen molar-refractivity contribution in [1.82, 2.24) is 14.9 Å². The Hall–Kier alpha value is -0.000000000000000222. The van der Waals surface area contributed by atoms with Crippen molar-refractivity contribution in [3.8, 4) is 0 Å². The summed E-state index contributed by atoms with van der Waals surface area (Å²) < 4.78 is 25.8. The molecule has 21 heavy (non-hydrogen) atoms. The normalized spacial score (nSPS) is 16.9. The summed E-state index contributed by atoms with van der Waals surface area (Å²) >= 11 is 1.80. The van der Waals surface area contributed by atoms with Crippen molar-refractivity contribution in [1.29, 1.82) is 0 Å². The van der Waals surface area contributed by atoms with Crippen LogP contribution < -0.4 is 10.6 Å². The molecule has 0 aromatic heterocycles. The molecule has 0 aromatic carbocycles. The summed E-state index contributed by atoms with van der Waals surface area (Å²) in [6.45, 7) is 8.42. The van der Waals surface area contributed by atoms with Crippen molar-refractivity contribution in [3.05, 3.63) is 12.7 Å². The van der Waals surface area contributed by atoms with Crippen LogP contribution in [-0.2, 0) is 10.0 Å². The molecule has 1 saturated heterocycles. The van der Waals surface area contributed by atoms with E-state index in [-0.39, 0.29) is 36.3 Å². The molecule has 0 aromatic rings. The molecule has 124 valence electrons. The van der Waals surface area contributed by atoms with Gasteiger partial charge in [-0.15, -0.1) is 30.6 Å². The third kappa shape index (κ3) is 8.27. The van der Waals surface area contributed by atoms with Gasteiger partial charge in [-0.1, -0.05) is 6.08 Å². The van der Waals surface area contributed by atoms with Crippen molar-refractivity contribution in [2.75, 3.05) is 50.0 Å². The largest absolute Gasteiger partial charge is 0.357 e. The fraction of sp³-hybridized carbons (Fsp3) is 0.750. The molecular weight excluding hydrogens is 423 g/mol. The average Bonchev–Trinajstić information content (AvgIpc) is 2.45. The fourth-order valence-electron chi connectivity index (χ4n) is 1.74. The zero-order valence-electron chi connectivity index (χ0n) is 12.4. The Kier molecular flexibility index (Phi) is 11.6. The summed E-state index contributed by atoms with van der Waals surface area (Å²) in [5, 5.41) is 6.11. The number of aliphatic imine (C=N–C) groups is 1.